The van der Waals surface area contributed by atoms with Gasteiger partial charge in [0.25, 0.3) is 10.0 Å². The van der Waals surface area contributed by atoms with Gasteiger partial charge in [-0.3, -0.25) is 9.59 Å². The molecule has 35 heavy (non-hydrogen) atoms. The Morgan fingerprint density at radius 1 is 1.17 bits per heavy atom. The van der Waals surface area contributed by atoms with Crippen LogP contribution in [-0.4, -0.2) is 50.6 Å². The minimum atomic E-state index is -4.43. The first kappa shape index (κ1) is 26.8. The van der Waals surface area contributed by atoms with Crippen molar-refractivity contribution in [3.8, 4) is 5.75 Å². The fraction of sp³-hybridized carbons (Fsp3) is 0.348. The van der Waals surface area contributed by atoms with E-state index in [2.05, 4.69) is 10.6 Å². The molecule has 1 saturated heterocycles. The Bertz CT molecular complexity index is 1250. The maximum Gasteiger partial charge on any atom is 0.319 e. The predicted molar refractivity (Wildman–Crippen MR) is 132 cm³/mol. The van der Waals surface area contributed by atoms with Crippen LogP contribution in [0.1, 0.15) is 25.3 Å². The van der Waals surface area contributed by atoms with Crippen molar-refractivity contribution in [2.24, 2.45) is 5.92 Å². The third-order valence-corrected chi connectivity index (χ3v) is 7.81. The van der Waals surface area contributed by atoms with Gasteiger partial charge in [-0.1, -0.05) is 23.2 Å². The van der Waals surface area contributed by atoms with Crippen molar-refractivity contribution in [2.75, 3.05) is 25.5 Å². The van der Waals surface area contributed by atoms with Crippen molar-refractivity contribution in [3.63, 3.8) is 0 Å². The highest BCUT2D eigenvalue weighted by Gasteiger charge is 2.38. The number of hydrogen-bond donors (Lipinski definition) is 2. The van der Waals surface area contributed by atoms with Crippen molar-refractivity contribution >= 4 is 56.6 Å². The molecule has 3 amide bonds. The van der Waals surface area contributed by atoms with Gasteiger partial charge in [0.2, 0.25) is 5.91 Å². The number of Topliss-reactive ketones (excluding diaryl/α,β-unsaturated/α-hetero) is 1. The molecule has 2 N–H and O–H groups in total. The molecule has 1 unspecified atom stereocenters. The average Bonchev–Trinajstić information content (AvgIpc) is 2.94. The predicted octanol–water partition coefficient (Wildman–Crippen LogP) is 3.88. The highest BCUT2D eigenvalue weighted by atomic mass is 35.5. The molecule has 0 saturated carbocycles. The Balaban J connectivity index is 1.95. The molecular weight excluding hydrogens is 517 g/mol. The number of ether oxygens (including phenoxy) is 1. The number of anilines is 1. The van der Waals surface area contributed by atoms with Crippen LogP contribution in [0.3, 0.4) is 0 Å². The summed E-state index contributed by atoms with van der Waals surface area (Å²) in [6.07, 6.45) is 0.381. The number of amides is 3. The molecule has 9 nitrogen and oxygen atoms in total. The molecule has 12 heteroatoms. The summed E-state index contributed by atoms with van der Waals surface area (Å²) in [6.45, 7) is 1.50. The van der Waals surface area contributed by atoms with Crippen LogP contribution in [0.2, 0.25) is 10.0 Å². The summed E-state index contributed by atoms with van der Waals surface area (Å²) in [5.74, 6) is -1.36. The second kappa shape index (κ2) is 11.3. The molecule has 0 radical (unpaired) electrons. The number of benzene rings is 2. The number of carbonyl (C=O) groups excluding carboxylic acids is 3. The molecule has 1 aliphatic heterocycles. The normalized spacial score (nSPS) is 16.6. The Labute approximate surface area is 213 Å². The van der Waals surface area contributed by atoms with E-state index in [4.69, 9.17) is 27.9 Å². The van der Waals surface area contributed by atoms with Crippen LogP contribution in [-0.2, 0) is 26.0 Å². The van der Waals surface area contributed by atoms with Crippen molar-refractivity contribution in [1.29, 1.82) is 0 Å². The van der Waals surface area contributed by atoms with Gasteiger partial charge in [0.15, 0.2) is 5.78 Å². The summed E-state index contributed by atoms with van der Waals surface area (Å²) < 4.78 is 32.9. The summed E-state index contributed by atoms with van der Waals surface area (Å²) in [7, 11) is -2.95. The van der Waals surface area contributed by atoms with Gasteiger partial charge < -0.3 is 15.4 Å². The number of nitrogens with one attached hydrogen (secondary N) is 2. The number of rotatable bonds is 7. The van der Waals surface area contributed by atoms with Crippen molar-refractivity contribution in [3.05, 3.63) is 52.0 Å². The molecule has 188 valence electrons. The number of nitrogens with zero attached hydrogens (tertiary/aromatic N) is 1. The first-order valence-electron chi connectivity index (χ1n) is 10.8. The zero-order valence-corrected chi connectivity index (χ0v) is 21.5. The molecule has 2 aromatic rings. The maximum atomic E-state index is 13.5. The monoisotopic (exact) mass is 541 g/mol. The van der Waals surface area contributed by atoms with Gasteiger partial charge >= 0.3 is 6.03 Å². The van der Waals surface area contributed by atoms with Crippen molar-refractivity contribution in [2.45, 2.75) is 31.1 Å². The molecule has 1 aliphatic rings. The number of hydrogen-bond acceptors (Lipinski definition) is 6. The van der Waals surface area contributed by atoms with E-state index in [0.29, 0.717) is 27.2 Å². The number of methoxy groups -OCH3 is 1. The first-order chi connectivity index (χ1) is 16.6. The standard InChI is InChI=1S/C23H25Cl2N3O6S/c1-3-26-23(31)27-20-12-18(7-8-19(20)25)35(32,33)28-13-17(29)6-4-14(22(28)30)10-15-11-16(24)5-9-21(15)34-2/h5,7-9,11-12,14H,3-4,6,10,13H2,1-2H3,(H2,26,27,31). The summed E-state index contributed by atoms with van der Waals surface area (Å²) in [5.41, 5.74) is 0.678. The molecule has 0 aliphatic carbocycles. The van der Waals surface area contributed by atoms with Crippen LogP contribution in [0.15, 0.2) is 41.3 Å². The maximum absolute atomic E-state index is 13.5. The Morgan fingerprint density at radius 2 is 1.91 bits per heavy atom. The second-order valence-electron chi connectivity index (χ2n) is 7.91. The molecule has 0 bridgehead atoms. The zero-order valence-electron chi connectivity index (χ0n) is 19.1. The van der Waals surface area contributed by atoms with Gasteiger partial charge in [0, 0.05) is 23.9 Å². The smallest absolute Gasteiger partial charge is 0.319 e. The van der Waals surface area contributed by atoms with E-state index in [1.54, 1.807) is 25.1 Å². The van der Waals surface area contributed by atoms with E-state index in [9.17, 15) is 22.8 Å². The molecule has 3 rings (SSSR count). The third-order valence-electron chi connectivity index (χ3n) is 5.51. The van der Waals surface area contributed by atoms with Crippen LogP contribution >= 0.6 is 23.2 Å². The van der Waals surface area contributed by atoms with Gasteiger partial charge in [-0.15, -0.1) is 0 Å². The number of sulfonamides is 1. The van der Waals surface area contributed by atoms with E-state index in [0.717, 1.165) is 6.07 Å². The Kier molecular flexibility index (Phi) is 8.63. The van der Waals surface area contributed by atoms with Gasteiger partial charge in [-0.05, 0) is 61.7 Å². The van der Waals surface area contributed by atoms with Crippen LogP contribution in [0.5, 0.6) is 5.75 Å². The lowest BCUT2D eigenvalue weighted by molar-refractivity contribution is -0.131. The van der Waals surface area contributed by atoms with E-state index in [1.165, 1.54) is 19.2 Å². The molecule has 1 atom stereocenters. The Morgan fingerprint density at radius 3 is 2.60 bits per heavy atom. The van der Waals surface area contributed by atoms with Crippen LogP contribution in [0, 0.1) is 5.92 Å². The zero-order chi connectivity index (χ0) is 25.8. The Hall–Kier alpha value is -2.82. The van der Waals surface area contributed by atoms with Gasteiger partial charge in [0.1, 0.15) is 5.75 Å². The van der Waals surface area contributed by atoms with Crippen LogP contribution in [0.4, 0.5) is 10.5 Å². The summed E-state index contributed by atoms with van der Waals surface area (Å²) in [6, 6.07) is 8.07. The summed E-state index contributed by atoms with van der Waals surface area (Å²) in [4.78, 5) is 37.5. The van der Waals surface area contributed by atoms with E-state index in [-0.39, 0.29) is 40.7 Å². The number of halogens is 2. The summed E-state index contributed by atoms with van der Waals surface area (Å²) in [5, 5.41) is 5.55. The molecule has 1 fully saturated rings. The van der Waals surface area contributed by atoms with Crippen LogP contribution < -0.4 is 15.4 Å². The van der Waals surface area contributed by atoms with E-state index < -0.39 is 34.4 Å². The highest BCUT2D eigenvalue weighted by molar-refractivity contribution is 7.89. The number of carbonyl (C=O) groups is 3. The lowest BCUT2D eigenvalue weighted by Gasteiger charge is -2.24. The van der Waals surface area contributed by atoms with E-state index in [1.807, 2.05) is 0 Å². The second-order valence-corrected chi connectivity index (χ2v) is 10.6. The van der Waals surface area contributed by atoms with Gasteiger partial charge in [-0.2, -0.15) is 0 Å². The lowest BCUT2D eigenvalue weighted by Crippen LogP contribution is -2.42. The molecule has 0 spiro atoms. The lowest BCUT2D eigenvalue weighted by atomic mass is 9.93. The molecular formula is C23H25Cl2N3O6S. The fourth-order valence-electron chi connectivity index (χ4n) is 3.76. The third kappa shape index (κ3) is 6.25. The van der Waals surface area contributed by atoms with Gasteiger partial charge in [-0.25, -0.2) is 17.5 Å². The largest absolute Gasteiger partial charge is 0.496 e. The highest BCUT2D eigenvalue weighted by Crippen LogP contribution is 2.32. The van der Waals surface area contributed by atoms with E-state index >= 15 is 0 Å². The van der Waals surface area contributed by atoms with Crippen molar-refractivity contribution < 1.29 is 27.5 Å². The number of ketones is 1. The fourth-order valence-corrected chi connectivity index (χ4v) is 5.58. The quantitative estimate of drug-likeness (QED) is 0.548. The molecule has 2 aromatic carbocycles. The summed E-state index contributed by atoms with van der Waals surface area (Å²) >= 11 is 12.2. The topological polar surface area (TPSA) is 122 Å². The first-order valence-corrected chi connectivity index (χ1v) is 13.0. The van der Waals surface area contributed by atoms with Gasteiger partial charge in [0.05, 0.1) is 29.3 Å². The number of urea groups is 1. The van der Waals surface area contributed by atoms with Crippen LogP contribution in [0.25, 0.3) is 0 Å². The minimum absolute atomic E-state index is 0.0486. The average molecular weight is 542 g/mol. The van der Waals surface area contributed by atoms with Crippen molar-refractivity contribution in [1.82, 2.24) is 9.62 Å². The molecule has 1 heterocycles. The minimum Gasteiger partial charge on any atom is -0.496 e. The SMILES string of the molecule is CCNC(=O)Nc1cc(S(=O)(=O)N2CC(=O)CCC(Cc3cc(Cl)ccc3OC)C2=O)ccc1Cl. The molecule has 0 aromatic heterocycles.